The maximum atomic E-state index is 10.7. The summed E-state index contributed by atoms with van der Waals surface area (Å²) in [4.78, 5) is 19.7. The van der Waals surface area contributed by atoms with Crippen LogP contribution in [0.2, 0.25) is 0 Å². The van der Waals surface area contributed by atoms with Crippen LogP contribution in [0.4, 0.5) is 0 Å². The Morgan fingerprint density at radius 1 is 1.23 bits per heavy atom. The number of ether oxygens (including phenoxy) is 1. The van der Waals surface area contributed by atoms with Crippen LogP contribution in [-0.4, -0.2) is 28.2 Å². The van der Waals surface area contributed by atoms with Gasteiger partial charge in [0.15, 0.2) is 0 Å². The largest absolute Gasteiger partial charge is 0.497 e. The molecule has 116 valence electrons. The molecule has 2 rings (SSSR count). The first-order valence-electron chi connectivity index (χ1n) is 7.17. The van der Waals surface area contributed by atoms with Gasteiger partial charge in [-0.25, -0.2) is 9.97 Å². The average molecular weight is 300 g/mol. The lowest BCUT2D eigenvalue weighted by Crippen LogP contribution is -2.08. The van der Waals surface area contributed by atoms with Gasteiger partial charge in [0.05, 0.1) is 7.11 Å². The lowest BCUT2D eigenvalue weighted by atomic mass is 10.1. The minimum atomic E-state index is -0.806. The fraction of sp³-hybridized carbons (Fsp3) is 0.353. The zero-order valence-corrected chi connectivity index (χ0v) is 13.1. The van der Waals surface area contributed by atoms with Gasteiger partial charge in [-0.2, -0.15) is 0 Å². The maximum absolute atomic E-state index is 10.7. The SMILES string of the molecule is COc1cccc(Cc2nc(C)c(CCC(=O)O)c(C)n2)c1. The van der Waals surface area contributed by atoms with E-state index < -0.39 is 5.97 Å². The molecule has 0 saturated carbocycles. The molecular weight excluding hydrogens is 280 g/mol. The molecule has 0 aliphatic carbocycles. The van der Waals surface area contributed by atoms with Gasteiger partial charge in [-0.1, -0.05) is 12.1 Å². The summed E-state index contributed by atoms with van der Waals surface area (Å²) in [6.45, 7) is 3.81. The normalized spacial score (nSPS) is 10.5. The Bertz CT molecular complexity index is 660. The zero-order chi connectivity index (χ0) is 16.1. The molecule has 1 aromatic heterocycles. The molecule has 5 heteroatoms. The minimum absolute atomic E-state index is 0.0975. The first-order valence-corrected chi connectivity index (χ1v) is 7.17. The molecule has 0 radical (unpaired) electrons. The van der Waals surface area contributed by atoms with E-state index >= 15 is 0 Å². The third kappa shape index (κ3) is 4.04. The summed E-state index contributed by atoms with van der Waals surface area (Å²) in [6.07, 6.45) is 1.19. The fourth-order valence-electron chi connectivity index (χ4n) is 2.45. The van der Waals surface area contributed by atoms with Gasteiger partial charge >= 0.3 is 5.97 Å². The smallest absolute Gasteiger partial charge is 0.303 e. The second-order valence-corrected chi connectivity index (χ2v) is 5.21. The molecule has 2 aromatic rings. The van der Waals surface area contributed by atoms with Crippen molar-refractivity contribution in [2.24, 2.45) is 0 Å². The standard InChI is InChI=1S/C17H20N2O3/c1-11-15(7-8-17(20)21)12(2)19-16(18-11)10-13-5-4-6-14(9-13)22-3/h4-6,9H,7-8,10H2,1-3H3,(H,20,21). The Balaban J connectivity index is 2.20. The lowest BCUT2D eigenvalue weighted by Gasteiger charge is -2.10. The molecule has 0 unspecified atom stereocenters. The van der Waals surface area contributed by atoms with Crippen LogP contribution in [0.15, 0.2) is 24.3 Å². The first-order chi connectivity index (χ1) is 10.5. The predicted molar refractivity (Wildman–Crippen MR) is 83.3 cm³/mol. The number of methoxy groups -OCH3 is 1. The van der Waals surface area contributed by atoms with Crippen molar-refractivity contribution in [3.63, 3.8) is 0 Å². The summed E-state index contributed by atoms with van der Waals surface area (Å²) >= 11 is 0. The highest BCUT2D eigenvalue weighted by Gasteiger charge is 2.11. The van der Waals surface area contributed by atoms with E-state index in [0.29, 0.717) is 12.8 Å². The first kappa shape index (κ1) is 15.9. The van der Waals surface area contributed by atoms with Crippen molar-refractivity contribution >= 4 is 5.97 Å². The quantitative estimate of drug-likeness (QED) is 0.888. The molecule has 0 bridgehead atoms. The van der Waals surface area contributed by atoms with E-state index in [0.717, 1.165) is 34.1 Å². The van der Waals surface area contributed by atoms with Gasteiger partial charge in [0.2, 0.25) is 0 Å². The molecule has 5 nitrogen and oxygen atoms in total. The summed E-state index contributed by atoms with van der Waals surface area (Å²) < 4.78 is 5.22. The van der Waals surface area contributed by atoms with Crippen molar-refractivity contribution in [3.05, 3.63) is 52.6 Å². The van der Waals surface area contributed by atoms with E-state index in [-0.39, 0.29) is 6.42 Å². The molecule has 0 aliphatic rings. The van der Waals surface area contributed by atoms with Gasteiger partial charge in [0.1, 0.15) is 11.6 Å². The number of aryl methyl sites for hydroxylation is 2. The van der Waals surface area contributed by atoms with Gasteiger partial charge < -0.3 is 9.84 Å². The van der Waals surface area contributed by atoms with Crippen molar-refractivity contribution in [2.75, 3.05) is 7.11 Å². The topological polar surface area (TPSA) is 72.3 Å². The zero-order valence-electron chi connectivity index (χ0n) is 13.1. The van der Waals surface area contributed by atoms with Crippen molar-refractivity contribution in [2.45, 2.75) is 33.1 Å². The average Bonchev–Trinajstić information content (AvgIpc) is 2.46. The Morgan fingerprint density at radius 3 is 2.50 bits per heavy atom. The van der Waals surface area contributed by atoms with E-state index in [4.69, 9.17) is 9.84 Å². The van der Waals surface area contributed by atoms with Gasteiger partial charge in [-0.15, -0.1) is 0 Å². The molecule has 1 aromatic carbocycles. The minimum Gasteiger partial charge on any atom is -0.497 e. The number of carboxylic acid groups (broad SMARTS) is 1. The molecule has 0 fully saturated rings. The number of aliphatic carboxylic acids is 1. The highest BCUT2D eigenvalue weighted by Crippen LogP contribution is 2.17. The summed E-state index contributed by atoms with van der Waals surface area (Å²) in [5, 5.41) is 8.80. The second-order valence-electron chi connectivity index (χ2n) is 5.21. The monoisotopic (exact) mass is 300 g/mol. The summed E-state index contributed by atoms with van der Waals surface area (Å²) in [5.74, 6) is 0.741. The van der Waals surface area contributed by atoms with Gasteiger partial charge in [0, 0.05) is 24.2 Å². The summed E-state index contributed by atoms with van der Waals surface area (Å²) in [5.41, 5.74) is 3.71. The summed E-state index contributed by atoms with van der Waals surface area (Å²) in [6, 6.07) is 7.81. The molecule has 1 N–H and O–H groups in total. The Hall–Kier alpha value is -2.43. The Kier molecular flexibility index (Phi) is 5.09. The van der Waals surface area contributed by atoms with Gasteiger partial charge in [0.25, 0.3) is 0 Å². The number of rotatable bonds is 6. The van der Waals surface area contributed by atoms with E-state index in [9.17, 15) is 4.79 Å². The molecular formula is C17H20N2O3. The van der Waals surface area contributed by atoms with Crippen molar-refractivity contribution in [1.29, 1.82) is 0 Å². The van der Waals surface area contributed by atoms with E-state index in [1.807, 2.05) is 38.1 Å². The number of carbonyl (C=O) groups is 1. The van der Waals surface area contributed by atoms with Crippen molar-refractivity contribution in [3.8, 4) is 5.75 Å². The van der Waals surface area contributed by atoms with Crippen LogP contribution in [0.3, 0.4) is 0 Å². The van der Waals surface area contributed by atoms with Crippen LogP contribution in [0.5, 0.6) is 5.75 Å². The number of hydrogen-bond donors (Lipinski definition) is 1. The third-order valence-electron chi connectivity index (χ3n) is 3.55. The molecule has 1 heterocycles. The van der Waals surface area contributed by atoms with Crippen LogP contribution < -0.4 is 4.74 Å². The van der Waals surface area contributed by atoms with E-state index in [1.165, 1.54) is 0 Å². The Labute approximate surface area is 130 Å². The number of hydrogen-bond acceptors (Lipinski definition) is 4. The molecule has 22 heavy (non-hydrogen) atoms. The number of nitrogens with zero attached hydrogens (tertiary/aromatic N) is 2. The molecule has 0 aliphatic heterocycles. The van der Waals surface area contributed by atoms with Gasteiger partial charge in [-0.3, -0.25) is 4.79 Å². The van der Waals surface area contributed by atoms with Crippen LogP contribution in [0.25, 0.3) is 0 Å². The van der Waals surface area contributed by atoms with Crippen LogP contribution in [0, 0.1) is 13.8 Å². The van der Waals surface area contributed by atoms with Gasteiger partial charge in [-0.05, 0) is 43.5 Å². The highest BCUT2D eigenvalue weighted by atomic mass is 16.5. The number of carboxylic acids is 1. The van der Waals surface area contributed by atoms with Crippen LogP contribution >= 0.6 is 0 Å². The predicted octanol–water partition coefficient (Wildman–Crippen LogP) is 2.71. The van der Waals surface area contributed by atoms with Crippen LogP contribution in [-0.2, 0) is 17.6 Å². The lowest BCUT2D eigenvalue weighted by molar-refractivity contribution is -0.136. The molecule has 0 spiro atoms. The number of benzene rings is 1. The number of aromatic nitrogens is 2. The molecule has 0 amide bonds. The molecule has 0 saturated heterocycles. The fourth-order valence-corrected chi connectivity index (χ4v) is 2.45. The third-order valence-corrected chi connectivity index (χ3v) is 3.55. The maximum Gasteiger partial charge on any atom is 0.303 e. The van der Waals surface area contributed by atoms with E-state index in [1.54, 1.807) is 7.11 Å². The molecule has 0 atom stereocenters. The second kappa shape index (κ2) is 7.02. The van der Waals surface area contributed by atoms with Crippen molar-refractivity contribution in [1.82, 2.24) is 9.97 Å². The van der Waals surface area contributed by atoms with Crippen LogP contribution in [0.1, 0.15) is 34.8 Å². The summed E-state index contributed by atoms with van der Waals surface area (Å²) in [7, 11) is 1.64. The Morgan fingerprint density at radius 2 is 1.91 bits per heavy atom. The highest BCUT2D eigenvalue weighted by molar-refractivity contribution is 5.67. The van der Waals surface area contributed by atoms with E-state index in [2.05, 4.69) is 9.97 Å². The van der Waals surface area contributed by atoms with Crippen molar-refractivity contribution < 1.29 is 14.6 Å².